The third kappa shape index (κ3) is 5.90. The molecule has 0 aliphatic carbocycles. The minimum Gasteiger partial charge on any atom is -0.493 e. The van der Waals surface area contributed by atoms with Crippen molar-refractivity contribution in [2.45, 2.75) is 25.5 Å². The molecule has 2 heterocycles. The Labute approximate surface area is 208 Å². The van der Waals surface area contributed by atoms with Gasteiger partial charge in [0.15, 0.2) is 11.5 Å². The molecule has 0 spiro atoms. The number of hydrogen-bond donors (Lipinski definition) is 1. The summed E-state index contributed by atoms with van der Waals surface area (Å²) in [6.45, 7) is 1.41. The zero-order chi connectivity index (χ0) is 25.5. The van der Waals surface area contributed by atoms with E-state index in [0.29, 0.717) is 48.0 Å². The highest BCUT2D eigenvalue weighted by Gasteiger charge is 2.19. The van der Waals surface area contributed by atoms with E-state index in [1.807, 2.05) is 12.1 Å². The maximum Gasteiger partial charge on any atom is 0.262 e. The SMILES string of the molecule is COc1ccc(-c2nn(Cc3ccc(F)cc3)cc2/C=C(/C#N)C(=O)NCC2CCCO2)cc1OC. The van der Waals surface area contributed by atoms with Crippen LogP contribution in [0.15, 0.2) is 54.2 Å². The molecule has 1 fully saturated rings. The normalized spacial score (nSPS) is 15.4. The number of ether oxygens (including phenoxy) is 3. The van der Waals surface area contributed by atoms with E-state index in [0.717, 1.165) is 18.4 Å². The molecule has 8 nitrogen and oxygen atoms in total. The summed E-state index contributed by atoms with van der Waals surface area (Å²) in [5.41, 5.74) is 2.65. The van der Waals surface area contributed by atoms with Gasteiger partial charge in [0.2, 0.25) is 0 Å². The first-order valence-electron chi connectivity index (χ1n) is 11.6. The topological polar surface area (TPSA) is 98.4 Å². The highest BCUT2D eigenvalue weighted by molar-refractivity contribution is 6.02. The van der Waals surface area contributed by atoms with Crippen LogP contribution < -0.4 is 14.8 Å². The van der Waals surface area contributed by atoms with Crippen molar-refractivity contribution in [2.24, 2.45) is 0 Å². The van der Waals surface area contributed by atoms with Crippen molar-refractivity contribution in [3.05, 3.63) is 71.2 Å². The van der Waals surface area contributed by atoms with Gasteiger partial charge in [-0.05, 0) is 54.8 Å². The van der Waals surface area contributed by atoms with Crippen molar-refractivity contribution < 1.29 is 23.4 Å². The van der Waals surface area contributed by atoms with Crippen molar-refractivity contribution in [1.29, 1.82) is 5.26 Å². The fraction of sp³-hybridized carbons (Fsp3) is 0.296. The number of benzene rings is 2. The molecular weight excluding hydrogens is 463 g/mol. The average Bonchev–Trinajstić information content (AvgIpc) is 3.56. The number of methoxy groups -OCH3 is 2. The fourth-order valence-electron chi connectivity index (χ4n) is 4.02. The summed E-state index contributed by atoms with van der Waals surface area (Å²) in [6.07, 6.45) is 5.08. The third-order valence-electron chi connectivity index (χ3n) is 5.88. The van der Waals surface area contributed by atoms with Gasteiger partial charge in [0.1, 0.15) is 17.5 Å². The number of nitrogens with zero attached hydrogens (tertiary/aromatic N) is 3. The van der Waals surface area contributed by atoms with E-state index in [-0.39, 0.29) is 17.5 Å². The van der Waals surface area contributed by atoms with E-state index in [9.17, 15) is 14.4 Å². The van der Waals surface area contributed by atoms with E-state index in [2.05, 4.69) is 5.32 Å². The fourth-order valence-corrected chi connectivity index (χ4v) is 4.02. The number of carbonyl (C=O) groups is 1. The lowest BCUT2D eigenvalue weighted by Gasteiger charge is -2.10. The van der Waals surface area contributed by atoms with Gasteiger partial charge < -0.3 is 19.5 Å². The number of nitriles is 1. The summed E-state index contributed by atoms with van der Waals surface area (Å²) in [7, 11) is 3.10. The second-order valence-corrected chi connectivity index (χ2v) is 8.34. The molecule has 0 radical (unpaired) electrons. The molecule has 1 saturated heterocycles. The molecule has 1 N–H and O–H groups in total. The third-order valence-corrected chi connectivity index (χ3v) is 5.88. The van der Waals surface area contributed by atoms with Crippen LogP contribution in [-0.4, -0.2) is 49.2 Å². The molecule has 36 heavy (non-hydrogen) atoms. The van der Waals surface area contributed by atoms with Crippen molar-refractivity contribution in [3.63, 3.8) is 0 Å². The molecule has 4 rings (SSSR count). The number of halogens is 1. The molecule has 0 bridgehead atoms. The Hall–Kier alpha value is -4.16. The van der Waals surface area contributed by atoms with Crippen molar-refractivity contribution in [2.75, 3.05) is 27.4 Å². The van der Waals surface area contributed by atoms with Gasteiger partial charge in [0.05, 0.1) is 32.6 Å². The lowest BCUT2D eigenvalue weighted by atomic mass is 10.0. The molecule has 3 aromatic rings. The Morgan fingerprint density at radius 3 is 2.69 bits per heavy atom. The summed E-state index contributed by atoms with van der Waals surface area (Å²) >= 11 is 0. The van der Waals surface area contributed by atoms with Crippen LogP contribution in [0.1, 0.15) is 24.0 Å². The van der Waals surface area contributed by atoms with Crippen LogP contribution in [0.4, 0.5) is 4.39 Å². The largest absolute Gasteiger partial charge is 0.493 e. The summed E-state index contributed by atoms with van der Waals surface area (Å²) in [5, 5.41) is 17.2. The summed E-state index contributed by atoms with van der Waals surface area (Å²) < 4.78 is 31.3. The maximum absolute atomic E-state index is 13.3. The Bertz CT molecular complexity index is 1290. The molecule has 1 aromatic heterocycles. The van der Waals surface area contributed by atoms with Crippen molar-refractivity contribution in [3.8, 4) is 28.8 Å². The highest BCUT2D eigenvalue weighted by atomic mass is 19.1. The van der Waals surface area contributed by atoms with Gasteiger partial charge in [0, 0.05) is 30.5 Å². The van der Waals surface area contributed by atoms with Crippen molar-refractivity contribution in [1.82, 2.24) is 15.1 Å². The second kappa shape index (κ2) is 11.5. The smallest absolute Gasteiger partial charge is 0.262 e. The molecule has 2 aromatic carbocycles. The number of amides is 1. The quantitative estimate of drug-likeness (QED) is 0.360. The second-order valence-electron chi connectivity index (χ2n) is 8.34. The Morgan fingerprint density at radius 2 is 2.03 bits per heavy atom. The van der Waals surface area contributed by atoms with Gasteiger partial charge in [0.25, 0.3) is 5.91 Å². The van der Waals surface area contributed by atoms with Gasteiger partial charge in [-0.3, -0.25) is 9.48 Å². The predicted molar refractivity (Wildman–Crippen MR) is 132 cm³/mol. The minimum atomic E-state index is -0.474. The molecule has 1 unspecified atom stereocenters. The van der Waals surface area contributed by atoms with E-state index in [4.69, 9.17) is 19.3 Å². The van der Waals surface area contributed by atoms with Gasteiger partial charge in [-0.2, -0.15) is 10.4 Å². The molecule has 9 heteroatoms. The van der Waals surface area contributed by atoms with Crippen molar-refractivity contribution >= 4 is 12.0 Å². The maximum atomic E-state index is 13.3. The van der Waals surface area contributed by atoms with E-state index in [1.165, 1.54) is 18.2 Å². The van der Waals surface area contributed by atoms with Gasteiger partial charge in [-0.1, -0.05) is 12.1 Å². The number of aromatic nitrogens is 2. The lowest BCUT2D eigenvalue weighted by Crippen LogP contribution is -2.32. The van der Waals surface area contributed by atoms with Crippen LogP contribution in [-0.2, 0) is 16.1 Å². The zero-order valence-corrected chi connectivity index (χ0v) is 20.2. The van der Waals surface area contributed by atoms with Crippen LogP contribution in [0, 0.1) is 17.1 Å². The Kier molecular flexibility index (Phi) is 7.98. The summed E-state index contributed by atoms with van der Waals surface area (Å²) in [6, 6.07) is 13.5. The first-order valence-corrected chi connectivity index (χ1v) is 11.6. The number of hydrogen-bond acceptors (Lipinski definition) is 6. The molecule has 1 aliphatic heterocycles. The minimum absolute atomic E-state index is 0.0327. The Balaban J connectivity index is 1.68. The van der Waals surface area contributed by atoms with Gasteiger partial charge >= 0.3 is 0 Å². The molecule has 1 aliphatic rings. The standard InChI is InChI=1S/C27H27FN4O4/c1-34-24-10-7-19(13-25(24)35-2)26-21(17-32(31-26)16-18-5-8-22(28)9-6-18)12-20(14-29)27(33)30-15-23-4-3-11-36-23/h5-10,12-13,17,23H,3-4,11,15-16H2,1-2H3,(H,30,33)/b20-12-. The van der Waals surface area contributed by atoms with Gasteiger partial charge in [-0.15, -0.1) is 0 Å². The van der Waals surface area contributed by atoms with E-state index >= 15 is 0 Å². The first-order chi connectivity index (χ1) is 17.5. The monoisotopic (exact) mass is 490 g/mol. The van der Waals surface area contributed by atoms with E-state index in [1.54, 1.807) is 49.4 Å². The molecule has 1 atom stereocenters. The lowest BCUT2D eigenvalue weighted by molar-refractivity contribution is -0.117. The highest BCUT2D eigenvalue weighted by Crippen LogP contribution is 2.33. The average molecular weight is 491 g/mol. The zero-order valence-electron chi connectivity index (χ0n) is 20.2. The number of carbonyl (C=O) groups excluding carboxylic acids is 1. The van der Waals surface area contributed by atoms with Crippen LogP contribution in [0.3, 0.4) is 0 Å². The molecule has 0 saturated carbocycles. The first kappa shape index (κ1) is 24.9. The molecule has 1 amide bonds. The van der Waals surface area contributed by atoms with Gasteiger partial charge in [-0.25, -0.2) is 4.39 Å². The summed E-state index contributed by atoms with van der Waals surface area (Å²) in [5.74, 6) is 0.294. The van der Waals surface area contributed by atoms with Crippen LogP contribution >= 0.6 is 0 Å². The van der Waals surface area contributed by atoms with E-state index < -0.39 is 5.91 Å². The molecule has 186 valence electrons. The summed E-state index contributed by atoms with van der Waals surface area (Å²) in [4.78, 5) is 12.7. The van der Waals surface area contributed by atoms with Crippen LogP contribution in [0.2, 0.25) is 0 Å². The van der Waals surface area contributed by atoms with Crippen LogP contribution in [0.5, 0.6) is 11.5 Å². The number of nitrogens with one attached hydrogen (secondary N) is 1. The predicted octanol–water partition coefficient (Wildman–Crippen LogP) is 3.96. The number of rotatable bonds is 9. The Morgan fingerprint density at radius 1 is 1.25 bits per heavy atom. The van der Waals surface area contributed by atoms with Crippen LogP contribution in [0.25, 0.3) is 17.3 Å². The molecular formula is C27H27FN4O4.